The minimum Gasteiger partial charge on any atom is -0.342 e. The van der Waals surface area contributed by atoms with Crippen molar-refractivity contribution in [2.45, 2.75) is 37.5 Å². The summed E-state index contributed by atoms with van der Waals surface area (Å²) >= 11 is 12.0. The van der Waals surface area contributed by atoms with E-state index in [1.807, 2.05) is 19.1 Å². The van der Waals surface area contributed by atoms with Gasteiger partial charge < -0.3 is 4.90 Å². The van der Waals surface area contributed by atoms with Gasteiger partial charge in [-0.15, -0.1) is 0 Å². The largest absolute Gasteiger partial charge is 0.342 e. The number of sulfonamides is 1. The number of hydrogen-bond donors (Lipinski definition) is 0. The summed E-state index contributed by atoms with van der Waals surface area (Å²) in [7, 11) is -2.34. The van der Waals surface area contributed by atoms with Gasteiger partial charge in [0.1, 0.15) is 4.90 Å². The van der Waals surface area contributed by atoms with Gasteiger partial charge in [-0.1, -0.05) is 48.3 Å². The number of carbonyl (C=O) groups is 1. The predicted octanol–water partition coefficient (Wildman–Crippen LogP) is 4.75. The van der Waals surface area contributed by atoms with Crippen molar-refractivity contribution in [3.8, 4) is 6.07 Å². The highest BCUT2D eigenvalue weighted by Crippen LogP contribution is 2.30. The summed E-state index contributed by atoms with van der Waals surface area (Å²) in [6, 6.07) is 13.9. The molecule has 0 bridgehead atoms. The average molecular weight is 496 g/mol. The van der Waals surface area contributed by atoms with Crippen LogP contribution in [0.3, 0.4) is 0 Å². The fourth-order valence-corrected chi connectivity index (χ4v) is 5.16. The van der Waals surface area contributed by atoms with Crippen LogP contribution < -0.4 is 0 Å². The van der Waals surface area contributed by atoms with Gasteiger partial charge in [0.05, 0.1) is 21.7 Å². The van der Waals surface area contributed by atoms with E-state index in [1.165, 1.54) is 29.6 Å². The standard InChI is InChI=1S/C23H27Cl2N3O3S/c1-3-14-28(16-13-18-9-11-19(17-26)12-10-18)22(29)8-5-15-27(2)32(30,31)21-7-4-6-20(24)23(21)25/h4,6-7,9-12H,3,5,8,13-16H2,1-2H3. The Labute approximate surface area is 200 Å². The van der Waals surface area contributed by atoms with E-state index in [-0.39, 0.29) is 33.8 Å². The molecule has 0 aromatic heterocycles. The zero-order chi connectivity index (χ0) is 23.7. The van der Waals surface area contributed by atoms with Crippen molar-refractivity contribution in [3.05, 3.63) is 63.6 Å². The van der Waals surface area contributed by atoms with Gasteiger partial charge in [0, 0.05) is 33.1 Å². The molecule has 9 heteroatoms. The summed E-state index contributed by atoms with van der Waals surface area (Å²) in [5, 5.41) is 9.06. The number of halogens is 2. The quantitative estimate of drug-likeness (QED) is 0.450. The first-order chi connectivity index (χ1) is 15.2. The molecule has 2 aromatic rings. The second kappa shape index (κ2) is 12.2. The van der Waals surface area contributed by atoms with E-state index in [0.29, 0.717) is 31.5 Å². The molecule has 0 saturated carbocycles. The Hall–Kier alpha value is -2.11. The van der Waals surface area contributed by atoms with Gasteiger partial charge in [0.15, 0.2) is 0 Å². The SMILES string of the molecule is CCCN(CCc1ccc(C#N)cc1)C(=O)CCCN(C)S(=O)(=O)c1cccc(Cl)c1Cl. The molecule has 0 radical (unpaired) electrons. The maximum Gasteiger partial charge on any atom is 0.244 e. The van der Waals surface area contributed by atoms with Crippen LogP contribution in [0.25, 0.3) is 0 Å². The molecule has 0 atom stereocenters. The second-order valence-electron chi connectivity index (χ2n) is 7.42. The third-order valence-electron chi connectivity index (χ3n) is 5.07. The first-order valence-corrected chi connectivity index (χ1v) is 12.6. The van der Waals surface area contributed by atoms with Crippen molar-refractivity contribution >= 4 is 39.1 Å². The molecule has 2 aromatic carbocycles. The molecule has 0 N–H and O–H groups in total. The van der Waals surface area contributed by atoms with E-state index in [0.717, 1.165) is 12.0 Å². The zero-order valence-electron chi connectivity index (χ0n) is 18.2. The Kier molecular flexibility index (Phi) is 9.98. The topological polar surface area (TPSA) is 81.5 Å². The number of carbonyl (C=O) groups excluding carboxylic acids is 1. The van der Waals surface area contributed by atoms with Gasteiger partial charge in [-0.05, 0) is 49.1 Å². The highest BCUT2D eigenvalue weighted by molar-refractivity contribution is 7.89. The Morgan fingerprint density at radius 3 is 2.38 bits per heavy atom. The summed E-state index contributed by atoms with van der Waals surface area (Å²) in [5.74, 6) is -0.00733. The molecular formula is C23H27Cl2N3O3S. The molecule has 1 amide bonds. The summed E-state index contributed by atoms with van der Waals surface area (Å²) in [4.78, 5) is 14.5. The lowest BCUT2D eigenvalue weighted by Crippen LogP contribution is -2.34. The highest BCUT2D eigenvalue weighted by Gasteiger charge is 2.24. The molecule has 0 fully saturated rings. The lowest BCUT2D eigenvalue weighted by molar-refractivity contribution is -0.131. The van der Waals surface area contributed by atoms with Crippen LogP contribution in [0.5, 0.6) is 0 Å². The fourth-order valence-electron chi connectivity index (χ4n) is 3.22. The van der Waals surface area contributed by atoms with E-state index < -0.39 is 10.0 Å². The molecule has 0 saturated heterocycles. The fraction of sp³-hybridized carbons (Fsp3) is 0.391. The first kappa shape index (κ1) is 26.1. The molecule has 0 aliphatic rings. The maximum atomic E-state index is 12.8. The van der Waals surface area contributed by atoms with E-state index in [2.05, 4.69) is 6.07 Å². The van der Waals surface area contributed by atoms with Crippen LogP contribution >= 0.6 is 23.2 Å². The molecule has 0 unspecified atom stereocenters. The third-order valence-corrected chi connectivity index (χ3v) is 7.90. The van der Waals surface area contributed by atoms with E-state index in [1.54, 1.807) is 17.0 Å². The van der Waals surface area contributed by atoms with Crippen LogP contribution in [0.15, 0.2) is 47.4 Å². The van der Waals surface area contributed by atoms with Gasteiger partial charge in [-0.3, -0.25) is 4.79 Å². The number of benzene rings is 2. The van der Waals surface area contributed by atoms with E-state index >= 15 is 0 Å². The molecule has 0 heterocycles. The van der Waals surface area contributed by atoms with Crippen molar-refractivity contribution in [1.82, 2.24) is 9.21 Å². The molecule has 0 aliphatic heterocycles. The van der Waals surface area contributed by atoms with Gasteiger partial charge in [0.25, 0.3) is 0 Å². The van der Waals surface area contributed by atoms with Crippen LogP contribution in [0.2, 0.25) is 10.0 Å². The summed E-state index contributed by atoms with van der Waals surface area (Å²) in [5.41, 5.74) is 1.66. The molecule has 0 spiro atoms. The molecular weight excluding hydrogens is 469 g/mol. The molecule has 0 aliphatic carbocycles. The minimum absolute atomic E-state index is 0.00554. The second-order valence-corrected chi connectivity index (χ2v) is 10.2. The normalized spacial score (nSPS) is 11.4. The lowest BCUT2D eigenvalue weighted by Gasteiger charge is -2.23. The molecule has 6 nitrogen and oxygen atoms in total. The van der Waals surface area contributed by atoms with E-state index in [9.17, 15) is 13.2 Å². The van der Waals surface area contributed by atoms with Crippen molar-refractivity contribution in [1.29, 1.82) is 5.26 Å². The van der Waals surface area contributed by atoms with Crippen LogP contribution in [-0.2, 0) is 21.2 Å². The zero-order valence-corrected chi connectivity index (χ0v) is 20.6. The Morgan fingerprint density at radius 1 is 1.06 bits per heavy atom. The van der Waals surface area contributed by atoms with Gasteiger partial charge in [-0.25, -0.2) is 12.7 Å². The van der Waals surface area contributed by atoms with Crippen LogP contribution in [-0.4, -0.2) is 50.2 Å². The summed E-state index contributed by atoms with van der Waals surface area (Å²) in [6.07, 6.45) is 2.17. The smallest absolute Gasteiger partial charge is 0.244 e. The third kappa shape index (κ3) is 6.94. The Morgan fingerprint density at radius 2 is 1.75 bits per heavy atom. The highest BCUT2D eigenvalue weighted by atomic mass is 35.5. The van der Waals surface area contributed by atoms with Crippen LogP contribution in [0, 0.1) is 11.3 Å². The number of hydrogen-bond acceptors (Lipinski definition) is 4. The summed E-state index contributed by atoms with van der Waals surface area (Å²) in [6.45, 7) is 3.41. The van der Waals surface area contributed by atoms with Crippen molar-refractivity contribution in [2.24, 2.45) is 0 Å². The van der Waals surface area contributed by atoms with E-state index in [4.69, 9.17) is 28.5 Å². The lowest BCUT2D eigenvalue weighted by atomic mass is 10.1. The Bertz CT molecular complexity index is 1070. The predicted molar refractivity (Wildman–Crippen MR) is 127 cm³/mol. The number of nitrogens with zero attached hydrogens (tertiary/aromatic N) is 3. The van der Waals surface area contributed by atoms with Gasteiger partial charge >= 0.3 is 0 Å². The average Bonchev–Trinajstić information content (AvgIpc) is 2.78. The molecule has 2 rings (SSSR count). The minimum atomic E-state index is -3.80. The monoisotopic (exact) mass is 495 g/mol. The maximum absolute atomic E-state index is 12.8. The van der Waals surface area contributed by atoms with Crippen molar-refractivity contribution in [3.63, 3.8) is 0 Å². The van der Waals surface area contributed by atoms with Gasteiger partial charge in [-0.2, -0.15) is 5.26 Å². The number of rotatable bonds is 11. The van der Waals surface area contributed by atoms with Gasteiger partial charge in [0.2, 0.25) is 15.9 Å². The Balaban J connectivity index is 1.91. The summed E-state index contributed by atoms with van der Waals surface area (Å²) < 4.78 is 26.8. The van der Waals surface area contributed by atoms with Crippen molar-refractivity contribution < 1.29 is 13.2 Å². The molecule has 172 valence electrons. The molecule has 32 heavy (non-hydrogen) atoms. The first-order valence-electron chi connectivity index (χ1n) is 10.4. The number of nitriles is 1. The number of amides is 1. The van der Waals surface area contributed by atoms with Crippen molar-refractivity contribution in [2.75, 3.05) is 26.7 Å². The van der Waals surface area contributed by atoms with Crippen LogP contribution in [0.1, 0.15) is 37.3 Å². The van der Waals surface area contributed by atoms with Crippen LogP contribution in [0.4, 0.5) is 0 Å².